The maximum atomic E-state index is 4.61. The lowest BCUT2D eigenvalue weighted by molar-refractivity contribution is 0.839. The molecule has 134 valence electrons. The third kappa shape index (κ3) is 4.33. The van der Waals surface area contributed by atoms with Gasteiger partial charge in [0.2, 0.25) is 5.95 Å². The Labute approximate surface area is 154 Å². The van der Waals surface area contributed by atoms with Crippen LogP contribution in [0.4, 0.5) is 17.5 Å². The number of hydrogen-bond donors (Lipinski definition) is 1. The quantitative estimate of drug-likeness (QED) is 0.734. The number of likely N-dealkylation sites (N-methyl/N-ethyl adjacent to an activating group) is 1. The van der Waals surface area contributed by atoms with Crippen molar-refractivity contribution in [2.75, 3.05) is 23.8 Å². The minimum Gasteiger partial charge on any atom is -0.358 e. The first kappa shape index (κ1) is 17.8. The maximum Gasteiger partial charge on any atom is 0.249 e. The van der Waals surface area contributed by atoms with Gasteiger partial charge in [0.1, 0.15) is 0 Å². The molecule has 3 aromatic rings. The van der Waals surface area contributed by atoms with Gasteiger partial charge in [-0.15, -0.1) is 5.10 Å². The lowest BCUT2D eigenvalue weighted by Crippen LogP contribution is -2.22. The number of benzene rings is 1. The van der Waals surface area contributed by atoms with E-state index in [1.165, 1.54) is 22.3 Å². The summed E-state index contributed by atoms with van der Waals surface area (Å²) in [6, 6.07) is 8.35. The van der Waals surface area contributed by atoms with Gasteiger partial charge in [0.15, 0.2) is 5.82 Å². The average molecular weight is 348 g/mol. The van der Waals surface area contributed by atoms with Crippen LogP contribution in [0.5, 0.6) is 0 Å². The molecule has 0 spiro atoms. The smallest absolute Gasteiger partial charge is 0.249 e. The minimum absolute atomic E-state index is 0.508. The zero-order valence-electron chi connectivity index (χ0n) is 15.7. The Morgan fingerprint density at radius 1 is 1.04 bits per heavy atom. The summed E-state index contributed by atoms with van der Waals surface area (Å²) in [6.07, 6.45) is 6.24. The number of hydrogen-bond acceptors (Lipinski definition) is 6. The Hall–Kier alpha value is -3.02. The Morgan fingerprint density at radius 2 is 1.73 bits per heavy atom. The fourth-order valence-corrected chi connectivity index (χ4v) is 2.98. The Kier molecular flexibility index (Phi) is 5.41. The molecule has 0 aliphatic rings. The molecule has 0 aliphatic heterocycles. The van der Waals surface area contributed by atoms with E-state index >= 15 is 0 Å². The van der Waals surface area contributed by atoms with E-state index in [1.807, 2.05) is 31.6 Å². The van der Waals surface area contributed by atoms with Crippen LogP contribution in [0.2, 0.25) is 0 Å². The highest BCUT2D eigenvalue weighted by atomic mass is 15.3. The molecule has 2 heterocycles. The van der Waals surface area contributed by atoms with E-state index in [2.05, 4.69) is 63.3 Å². The van der Waals surface area contributed by atoms with Crippen LogP contribution in [-0.4, -0.2) is 33.8 Å². The molecular formula is C20H24N6. The van der Waals surface area contributed by atoms with E-state index in [0.29, 0.717) is 5.95 Å². The highest BCUT2D eigenvalue weighted by Gasteiger charge is 2.09. The minimum atomic E-state index is 0.508. The van der Waals surface area contributed by atoms with Crippen LogP contribution < -0.4 is 10.2 Å². The summed E-state index contributed by atoms with van der Waals surface area (Å²) in [5.41, 5.74) is 5.87. The van der Waals surface area contributed by atoms with Gasteiger partial charge in [0, 0.05) is 31.7 Å². The summed E-state index contributed by atoms with van der Waals surface area (Å²) in [5.74, 6) is 1.30. The molecule has 0 bridgehead atoms. The average Bonchev–Trinajstić information content (AvgIpc) is 2.64. The molecule has 1 aromatic carbocycles. The van der Waals surface area contributed by atoms with Crippen molar-refractivity contribution in [1.82, 2.24) is 20.2 Å². The number of anilines is 3. The second-order valence-corrected chi connectivity index (χ2v) is 6.56. The van der Waals surface area contributed by atoms with Gasteiger partial charge in [-0.05, 0) is 56.0 Å². The van der Waals surface area contributed by atoms with Crippen LogP contribution in [0.25, 0.3) is 0 Å². The van der Waals surface area contributed by atoms with Crippen molar-refractivity contribution >= 4 is 17.5 Å². The molecule has 0 amide bonds. The van der Waals surface area contributed by atoms with Gasteiger partial charge in [0.25, 0.3) is 0 Å². The molecule has 1 N–H and O–H groups in total. The summed E-state index contributed by atoms with van der Waals surface area (Å²) >= 11 is 0. The number of aromatic nitrogens is 4. The molecule has 6 heteroatoms. The molecule has 0 saturated heterocycles. The summed E-state index contributed by atoms with van der Waals surface area (Å²) in [7, 11) is 2.01. The summed E-state index contributed by atoms with van der Waals surface area (Å²) < 4.78 is 0. The predicted octanol–water partition coefficient (Wildman–Crippen LogP) is 3.61. The van der Waals surface area contributed by atoms with Crippen LogP contribution in [-0.2, 0) is 6.42 Å². The zero-order chi connectivity index (χ0) is 18.5. The summed E-state index contributed by atoms with van der Waals surface area (Å²) in [4.78, 5) is 10.7. The van der Waals surface area contributed by atoms with Crippen molar-refractivity contribution < 1.29 is 0 Å². The van der Waals surface area contributed by atoms with Crippen molar-refractivity contribution in [3.05, 3.63) is 65.1 Å². The Balaban J connectivity index is 1.72. The first-order valence-electron chi connectivity index (χ1n) is 8.67. The van der Waals surface area contributed by atoms with Gasteiger partial charge in [-0.1, -0.05) is 17.7 Å². The second-order valence-electron chi connectivity index (χ2n) is 6.56. The van der Waals surface area contributed by atoms with Crippen molar-refractivity contribution in [1.29, 1.82) is 0 Å². The molecule has 2 aromatic heterocycles. The monoisotopic (exact) mass is 348 g/mol. The van der Waals surface area contributed by atoms with E-state index < -0.39 is 0 Å². The number of pyridine rings is 1. The number of nitrogens with one attached hydrogen (secondary N) is 1. The molecule has 26 heavy (non-hydrogen) atoms. The van der Waals surface area contributed by atoms with Crippen LogP contribution in [0.3, 0.4) is 0 Å². The second kappa shape index (κ2) is 7.91. The normalized spacial score (nSPS) is 10.6. The van der Waals surface area contributed by atoms with E-state index in [1.54, 1.807) is 6.20 Å². The molecule has 0 saturated carbocycles. The molecule has 0 fully saturated rings. The molecule has 6 nitrogen and oxygen atoms in total. The van der Waals surface area contributed by atoms with E-state index in [9.17, 15) is 0 Å². The highest BCUT2D eigenvalue weighted by molar-refractivity contribution is 5.64. The van der Waals surface area contributed by atoms with Gasteiger partial charge < -0.3 is 10.2 Å². The first-order chi connectivity index (χ1) is 12.5. The molecule has 0 radical (unpaired) electrons. The SMILES string of the molecule is Cc1cc(C)c(Nc2nncc(N(C)CCc3ccncc3)n2)c(C)c1. The van der Waals surface area contributed by atoms with Crippen molar-refractivity contribution in [3.63, 3.8) is 0 Å². The highest BCUT2D eigenvalue weighted by Crippen LogP contribution is 2.24. The Morgan fingerprint density at radius 3 is 2.42 bits per heavy atom. The van der Waals surface area contributed by atoms with Crippen molar-refractivity contribution in [3.8, 4) is 0 Å². The van der Waals surface area contributed by atoms with Gasteiger partial charge in [-0.25, -0.2) is 0 Å². The number of rotatable bonds is 6. The van der Waals surface area contributed by atoms with Crippen LogP contribution in [0.15, 0.2) is 42.9 Å². The molecule has 0 atom stereocenters. The zero-order valence-corrected chi connectivity index (χ0v) is 15.7. The fraction of sp³-hybridized carbons (Fsp3) is 0.300. The van der Waals surface area contributed by atoms with E-state index in [4.69, 9.17) is 0 Å². The molecular weight excluding hydrogens is 324 g/mol. The first-order valence-corrected chi connectivity index (χ1v) is 8.67. The molecule has 3 rings (SSSR count). The summed E-state index contributed by atoms with van der Waals surface area (Å²) in [5, 5.41) is 11.6. The van der Waals surface area contributed by atoms with Crippen LogP contribution in [0.1, 0.15) is 22.3 Å². The standard InChI is InChI=1S/C20H24N6/c1-14-11-15(2)19(16(3)12-14)24-20-23-18(13-22-25-20)26(4)10-7-17-5-8-21-9-6-17/h5-6,8-9,11-13H,7,10H2,1-4H3,(H,23,24,25). The predicted molar refractivity (Wildman–Crippen MR) is 105 cm³/mol. The third-order valence-electron chi connectivity index (χ3n) is 4.34. The summed E-state index contributed by atoms with van der Waals surface area (Å²) in [6.45, 7) is 7.10. The molecule has 0 aliphatic carbocycles. The third-order valence-corrected chi connectivity index (χ3v) is 4.34. The lowest BCUT2D eigenvalue weighted by Gasteiger charge is -2.18. The number of aryl methyl sites for hydroxylation is 3. The van der Waals surface area contributed by atoms with Gasteiger partial charge >= 0.3 is 0 Å². The maximum absolute atomic E-state index is 4.61. The fourth-order valence-electron chi connectivity index (χ4n) is 2.98. The van der Waals surface area contributed by atoms with Crippen molar-refractivity contribution in [2.24, 2.45) is 0 Å². The Bertz CT molecular complexity index is 855. The van der Waals surface area contributed by atoms with E-state index in [-0.39, 0.29) is 0 Å². The molecule has 0 unspecified atom stereocenters. The van der Waals surface area contributed by atoms with Crippen LogP contribution in [0, 0.1) is 20.8 Å². The van der Waals surface area contributed by atoms with Crippen LogP contribution >= 0.6 is 0 Å². The topological polar surface area (TPSA) is 66.8 Å². The van der Waals surface area contributed by atoms with E-state index in [0.717, 1.165) is 24.5 Å². The van der Waals surface area contributed by atoms with Gasteiger partial charge in [-0.3, -0.25) is 4.98 Å². The number of nitrogens with zero attached hydrogens (tertiary/aromatic N) is 5. The largest absolute Gasteiger partial charge is 0.358 e. The van der Waals surface area contributed by atoms with Gasteiger partial charge in [-0.2, -0.15) is 10.1 Å². The van der Waals surface area contributed by atoms with Crippen molar-refractivity contribution in [2.45, 2.75) is 27.2 Å². The van der Waals surface area contributed by atoms with Gasteiger partial charge in [0.05, 0.1) is 6.20 Å². The lowest BCUT2D eigenvalue weighted by atomic mass is 10.1.